The smallest absolute Gasteiger partial charge is 0.308 e. The van der Waals surface area contributed by atoms with Gasteiger partial charge in [-0.25, -0.2) is 4.39 Å². The summed E-state index contributed by atoms with van der Waals surface area (Å²) in [6, 6.07) is 0. The van der Waals surface area contributed by atoms with Gasteiger partial charge in [0, 0.05) is 0 Å². The van der Waals surface area contributed by atoms with Crippen LogP contribution in [-0.2, 0) is 4.74 Å². The lowest BCUT2D eigenvalue weighted by Gasteiger charge is -2.29. The van der Waals surface area contributed by atoms with Crippen LogP contribution in [0.15, 0.2) is 35.5 Å². The van der Waals surface area contributed by atoms with Crippen molar-refractivity contribution in [1.29, 1.82) is 0 Å². The Hall–Kier alpha value is -1.17. The van der Waals surface area contributed by atoms with E-state index in [4.69, 9.17) is 0 Å². The van der Waals surface area contributed by atoms with Crippen LogP contribution in [0.2, 0.25) is 0 Å². The first-order valence-corrected chi connectivity index (χ1v) is 9.86. The van der Waals surface area contributed by atoms with Crippen LogP contribution in [0.5, 0.6) is 0 Å². The summed E-state index contributed by atoms with van der Waals surface area (Å²) in [5.74, 6) is -4.11. The Morgan fingerprint density at radius 2 is 1.85 bits per heavy atom. The van der Waals surface area contributed by atoms with Gasteiger partial charge in [0.25, 0.3) is 0 Å². The zero-order valence-electron chi connectivity index (χ0n) is 15.8. The molecule has 2 atom stereocenters. The number of unbranched alkanes of at least 4 members (excludes halogenated alkanes) is 3. The highest BCUT2D eigenvalue weighted by molar-refractivity contribution is 5.42. The molecular weight excluding hydrogens is 363 g/mol. The standard InChI is InChI=1S/C21H29F5O/c1-2-3-4-5-6-16-7-9-17(10-8-16)18-11-13-19(14-12-18)27-21(25,26)20(23,24)15-22/h9,11-13,16,19H,2-8,10,14-15H2,1H3. The molecular formula is C21H29F5O. The number of hydrogen-bond acceptors (Lipinski definition) is 1. The third-order valence-electron chi connectivity index (χ3n) is 5.31. The molecule has 27 heavy (non-hydrogen) atoms. The van der Waals surface area contributed by atoms with Crippen molar-refractivity contribution in [1.82, 2.24) is 0 Å². The lowest BCUT2D eigenvalue weighted by Crippen LogP contribution is -2.46. The van der Waals surface area contributed by atoms with Gasteiger partial charge in [-0.2, -0.15) is 17.6 Å². The van der Waals surface area contributed by atoms with E-state index < -0.39 is 24.8 Å². The predicted molar refractivity (Wildman–Crippen MR) is 96.8 cm³/mol. The minimum Gasteiger partial charge on any atom is -0.308 e. The number of alkyl halides is 5. The number of hydrogen-bond donors (Lipinski definition) is 0. The Morgan fingerprint density at radius 1 is 1.07 bits per heavy atom. The lowest BCUT2D eigenvalue weighted by atomic mass is 9.82. The summed E-state index contributed by atoms with van der Waals surface area (Å²) in [6.07, 6.45) is 10.4. The van der Waals surface area contributed by atoms with Crippen molar-refractivity contribution < 1.29 is 26.7 Å². The average molecular weight is 392 g/mol. The minimum atomic E-state index is -4.82. The van der Waals surface area contributed by atoms with E-state index >= 15 is 0 Å². The predicted octanol–water partition coefficient (Wildman–Crippen LogP) is 7.15. The van der Waals surface area contributed by atoms with Gasteiger partial charge in [-0.1, -0.05) is 63.3 Å². The zero-order valence-corrected chi connectivity index (χ0v) is 15.8. The van der Waals surface area contributed by atoms with E-state index in [1.165, 1.54) is 43.8 Å². The van der Waals surface area contributed by atoms with Crippen LogP contribution in [0.1, 0.15) is 64.7 Å². The van der Waals surface area contributed by atoms with Gasteiger partial charge in [0.15, 0.2) is 6.67 Å². The highest BCUT2D eigenvalue weighted by Gasteiger charge is 2.59. The summed E-state index contributed by atoms with van der Waals surface area (Å²) >= 11 is 0. The minimum absolute atomic E-state index is 0.0710. The molecule has 0 amide bonds. The second kappa shape index (κ2) is 9.85. The Kier molecular flexibility index (Phi) is 8.07. The van der Waals surface area contributed by atoms with Gasteiger partial charge in [0.2, 0.25) is 0 Å². The molecule has 154 valence electrons. The van der Waals surface area contributed by atoms with Gasteiger partial charge in [-0.05, 0) is 42.7 Å². The van der Waals surface area contributed by atoms with Crippen LogP contribution in [0, 0.1) is 5.92 Å². The zero-order chi connectivity index (χ0) is 19.9. The van der Waals surface area contributed by atoms with Crippen LogP contribution in [-0.4, -0.2) is 24.8 Å². The van der Waals surface area contributed by atoms with E-state index in [0.717, 1.165) is 24.8 Å². The Balaban J connectivity index is 1.82. The number of ether oxygens (including phenoxy) is 1. The first kappa shape index (κ1) is 22.1. The van der Waals surface area contributed by atoms with Gasteiger partial charge in [-0.15, -0.1) is 0 Å². The molecule has 0 aromatic rings. The van der Waals surface area contributed by atoms with E-state index in [0.29, 0.717) is 5.92 Å². The van der Waals surface area contributed by atoms with Crippen LogP contribution in [0.4, 0.5) is 22.0 Å². The van der Waals surface area contributed by atoms with Crippen LogP contribution < -0.4 is 0 Å². The molecule has 0 radical (unpaired) electrons. The third-order valence-corrected chi connectivity index (χ3v) is 5.31. The summed E-state index contributed by atoms with van der Waals surface area (Å²) in [4.78, 5) is 0. The summed E-state index contributed by atoms with van der Waals surface area (Å²) in [6.45, 7) is -0.256. The second-order valence-corrected chi connectivity index (χ2v) is 7.48. The highest BCUT2D eigenvalue weighted by atomic mass is 19.3. The van der Waals surface area contributed by atoms with Crippen molar-refractivity contribution >= 4 is 0 Å². The van der Waals surface area contributed by atoms with Crippen molar-refractivity contribution in [3.05, 3.63) is 35.5 Å². The number of halogens is 5. The summed E-state index contributed by atoms with van der Waals surface area (Å²) < 4.78 is 68.9. The van der Waals surface area contributed by atoms with Crippen molar-refractivity contribution in [2.45, 2.75) is 82.8 Å². The largest absolute Gasteiger partial charge is 0.422 e. The molecule has 0 bridgehead atoms. The fourth-order valence-electron chi connectivity index (χ4n) is 3.55. The van der Waals surface area contributed by atoms with Crippen molar-refractivity contribution in [3.63, 3.8) is 0 Å². The van der Waals surface area contributed by atoms with Crippen LogP contribution in [0.3, 0.4) is 0 Å². The first-order valence-electron chi connectivity index (χ1n) is 9.86. The lowest BCUT2D eigenvalue weighted by molar-refractivity contribution is -0.358. The number of allylic oxidation sites excluding steroid dienone is 4. The van der Waals surface area contributed by atoms with Gasteiger partial charge in [0.05, 0.1) is 6.10 Å². The molecule has 6 heteroatoms. The van der Waals surface area contributed by atoms with E-state index in [1.54, 1.807) is 12.2 Å². The van der Waals surface area contributed by atoms with Crippen molar-refractivity contribution in [2.24, 2.45) is 5.92 Å². The molecule has 1 nitrogen and oxygen atoms in total. The van der Waals surface area contributed by atoms with E-state index in [9.17, 15) is 22.0 Å². The summed E-state index contributed by atoms with van der Waals surface area (Å²) in [7, 11) is 0. The molecule has 0 saturated heterocycles. The van der Waals surface area contributed by atoms with Gasteiger partial charge in [-0.3, -0.25) is 0 Å². The Morgan fingerprint density at radius 3 is 2.41 bits per heavy atom. The van der Waals surface area contributed by atoms with Gasteiger partial charge >= 0.3 is 12.0 Å². The normalized spacial score (nSPS) is 23.9. The molecule has 2 aliphatic rings. The Labute approximate surface area is 158 Å². The maximum absolute atomic E-state index is 13.4. The SMILES string of the molecule is CCCCCCC1CC=C(C2=CCC(OC(F)(F)C(F)(F)CF)C=C2)CC1. The molecule has 2 rings (SSSR count). The van der Waals surface area contributed by atoms with E-state index in [1.807, 2.05) is 0 Å². The van der Waals surface area contributed by atoms with Gasteiger partial charge in [0.1, 0.15) is 0 Å². The fourth-order valence-corrected chi connectivity index (χ4v) is 3.55. The second-order valence-electron chi connectivity index (χ2n) is 7.48. The highest BCUT2D eigenvalue weighted by Crippen LogP contribution is 2.38. The maximum Gasteiger partial charge on any atom is 0.422 e. The quantitative estimate of drug-likeness (QED) is 0.283. The monoisotopic (exact) mass is 392 g/mol. The number of rotatable bonds is 10. The Bertz CT molecular complexity index is 565. The molecule has 0 spiro atoms. The van der Waals surface area contributed by atoms with E-state index in [2.05, 4.69) is 17.7 Å². The van der Waals surface area contributed by atoms with Crippen molar-refractivity contribution in [2.75, 3.05) is 6.67 Å². The molecule has 0 N–H and O–H groups in total. The molecule has 0 heterocycles. The molecule has 0 aliphatic heterocycles. The summed E-state index contributed by atoms with van der Waals surface area (Å²) in [5, 5.41) is 0. The molecule has 0 fully saturated rings. The fraction of sp³-hybridized carbons (Fsp3) is 0.714. The average Bonchev–Trinajstić information content (AvgIpc) is 2.66. The molecule has 0 aromatic carbocycles. The third kappa shape index (κ3) is 6.16. The molecule has 2 unspecified atom stereocenters. The van der Waals surface area contributed by atoms with Gasteiger partial charge < -0.3 is 4.74 Å². The van der Waals surface area contributed by atoms with Crippen molar-refractivity contribution in [3.8, 4) is 0 Å². The molecule has 0 saturated carbocycles. The summed E-state index contributed by atoms with van der Waals surface area (Å²) in [5.41, 5.74) is 2.12. The first-order chi connectivity index (χ1) is 12.8. The van der Waals surface area contributed by atoms with Crippen LogP contribution >= 0.6 is 0 Å². The van der Waals surface area contributed by atoms with Crippen LogP contribution in [0.25, 0.3) is 0 Å². The van der Waals surface area contributed by atoms with E-state index in [-0.39, 0.29) is 6.42 Å². The maximum atomic E-state index is 13.4. The molecule has 2 aliphatic carbocycles. The molecule has 0 aromatic heterocycles. The topological polar surface area (TPSA) is 9.23 Å².